The van der Waals surface area contributed by atoms with Crippen LogP contribution in [0.3, 0.4) is 0 Å². The van der Waals surface area contributed by atoms with E-state index in [0.717, 1.165) is 31.7 Å². The zero-order chi connectivity index (χ0) is 14.1. The number of halogens is 1. The summed E-state index contributed by atoms with van der Waals surface area (Å²) in [6.45, 7) is 3.47. The molecule has 0 bridgehead atoms. The van der Waals surface area contributed by atoms with Crippen LogP contribution in [0, 0.1) is 11.8 Å². The number of benzene rings is 1. The first-order valence-corrected chi connectivity index (χ1v) is 7.41. The third kappa shape index (κ3) is 3.33. The van der Waals surface area contributed by atoms with Crippen LogP contribution < -0.4 is 10.5 Å². The smallest absolute Gasteiger partial charge is 0.263 e. The van der Waals surface area contributed by atoms with Crippen molar-refractivity contribution in [1.29, 1.82) is 0 Å². The van der Waals surface area contributed by atoms with Gasteiger partial charge in [-0.3, -0.25) is 4.79 Å². The van der Waals surface area contributed by atoms with Gasteiger partial charge in [-0.1, -0.05) is 18.2 Å². The maximum atomic E-state index is 12.4. The molecule has 1 amide bonds. The number of nitrogens with two attached hydrogens (primary N) is 1. The molecule has 0 aromatic heterocycles. The predicted molar refractivity (Wildman–Crippen MR) is 84.5 cm³/mol. The summed E-state index contributed by atoms with van der Waals surface area (Å²) in [7, 11) is 0. The third-order valence-electron chi connectivity index (χ3n) is 4.63. The summed E-state index contributed by atoms with van der Waals surface area (Å²) in [5.74, 6) is 1.90. The van der Waals surface area contributed by atoms with E-state index in [-0.39, 0.29) is 24.4 Å². The second kappa shape index (κ2) is 6.67. The number of nitrogens with zero attached hydrogens (tertiary/aromatic N) is 1. The highest BCUT2D eigenvalue weighted by atomic mass is 35.5. The summed E-state index contributed by atoms with van der Waals surface area (Å²) in [5.41, 5.74) is 6.11. The molecule has 2 fully saturated rings. The van der Waals surface area contributed by atoms with E-state index in [9.17, 15) is 4.79 Å². The molecule has 2 N–H and O–H groups in total. The molecule has 1 aromatic rings. The van der Waals surface area contributed by atoms with Crippen LogP contribution in [0.1, 0.15) is 19.8 Å². The number of rotatable bonds is 3. The van der Waals surface area contributed by atoms with E-state index in [4.69, 9.17) is 10.5 Å². The topological polar surface area (TPSA) is 55.6 Å². The van der Waals surface area contributed by atoms with Crippen molar-refractivity contribution < 1.29 is 9.53 Å². The van der Waals surface area contributed by atoms with Crippen LogP contribution in [0.4, 0.5) is 0 Å². The summed E-state index contributed by atoms with van der Waals surface area (Å²) < 4.78 is 5.72. The molecular formula is C16H23ClN2O2. The van der Waals surface area contributed by atoms with Gasteiger partial charge in [-0.2, -0.15) is 0 Å². The Morgan fingerprint density at radius 2 is 2.00 bits per heavy atom. The fraction of sp³-hybridized carbons (Fsp3) is 0.562. The molecule has 0 spiro atoms. The molecule has 116 valence electrons. The van der Waals surface area contributed by atoms with Gasteiger partial charge in [-0.15, -0.1) is 12.4 Å². The fourth-order valence-electron chi connectivity index (χ4n) is 3.50. The van der Waals surface area contributed by atoms with Crippen molar-refractivity contribution in [1.82, 2.24) is 4.90 Å². The molecule has 21 heavy (non-hydrogen) atoms. The van der Waals surface area contributed by atoms with Crippen molar-refractivity contribution in [3.05, 3.63) is 30.3 Å². The summed E-state index contributed by atoms with van der Waals surface area (Å²) in [5, 5.41) is 0. The van der Waals surface area contributed by atoms with Gasteiger partial charge in [0.05, 0.1) is 0 Å². The largest absolute Gasteiger partial charge is 0.481 e. The maximum Gasteiger partial charge on any atom is 0.263 e. The Morgan fingerprint density at radius 3 is 2.67 bits per heavy atom. The van der Waals surface area contributed by atoms with Crippen LogP contribution >= 0.6 is 12.4 Å². The Morgan fingerprint density at radius 1 is 1.29 bits per heavy atom. The average molecular weight is 311 g/mol. The number of carbonyl (C=O) groups is 1. The number of ether oxygens (including phenoxy) is 1. The van der Waals surface area contributed by atoms with E-state index < -0.39 is 6.10 Å². The molecule has 1 heterocycles. The van der Waals surface area contributed by atoms with Gasteiger partial charge in [0.25, 0.3) is 5.91 Å². The quantitative estimate of drug-likeness (QED) is 0.930. The Labute approximate surface area is 132 Å². The monoisotopic (exact) mass is 310 g/mol. The number of likely N-dealkylation sites (tertiary alicyclic amines) is 1. The van der Waals surface area contributed by atoms with E-state index in [0.29, 0.717) is 11.8 Å². The van der Waals surface area contributed by atoms with Crippen molar-refractivity contribution in [2.24, 2.45) is 17.6 Å². The average Bonchev–Trinajstić information content (AvgIpc) is 3.02. The zero-order valence-corrected chi connectivity index (χ0v) is 13.1. The molecule has 4 nitrogen and oxygen atoms in total. The molecule has 1 saturated heterocycles. The van der Waals surface area contributed by atoms with Crippen LogP contribution in [0.25, 0.3) is 0 Å². The summed E-state index contributed by atoms with van der Waals surface area (Å²) in [6, 6.07) is 9.76. The Bertz CT molecular complexity index is 482. The normalized spacial score (nSPS) is 28.7. The van der Waals surface area contributed by atoms with E-state index in [2.05, 4.69) is 0 Å². The van der Waals surface area contributed by atoms with E-state index in [1.54, 1.807) is 0 Å². The minimum absolute atomic E-state index is 0. The molecular weight excluding hydrogens is 288 g/mol. The molecule has 1 saturated carbocycles. The van der Waals surface area contributed by atoms with Crippen molar-refractivity contribution in [2.45, 2.75) is 31.9 Å². The lowest BCUT2D eigenvalue weighted by atomic mass is 9.98. The highest BCUT2D eigenvalue weighted by molar-refractivity contribution is 5.85. The van der Waals surface area contributed by atoms with Gasteiger partial charge in [-0.05, 0) is 43.7 Å². The molecule has 2 aliphatic rings. The lowest BCUT2D eigenvalue weighted by Gasteiger charge is -2.23. The highest BCUT2D eigenvalue weighted by Crippen LogP contribution is 2.37. The van der Waals surface area contributed by atoms with Crippen LogP contribution in [-0.2, 0) is 4.79 Å². The van der Waals surface area contributed by atoms with Crippen LogP contribution in [-0.4, -0.2) is 36.0 Å². The van der Waals surface area contributed by atoms with E-state index in [1.807, 2.05) is 42.2 Å². The van der Waals surface area contributed by atoms with Gasteiger partial charge in [0, 0.05) is 19.1 Å². The molecule has 1 aliphatic carbocycles. The van der Waals surface area contributed by atoms with Crippen molar-refractivity contribution in [3.8, 4) is 5.75 Å². The maximum absolute atomic E-state index is 12.4. The van der Waals surface area contributed by atoms with Crippen LogP contribution in [0.5, 0.6) is 5.75 Å². The van der Waals surface area contributed by atoms with Crippen molar-refractivity contribution >= 4 is 18.3 Å². The predicted octanol–water partition coefficient (Wildman–Crippen LogP) is 2.07. The molecule has 5 heteroatoms. The first-order chi connectivity index (χ1) is 9.65. The molecule has 4 atom stereocenters. The van der Waals surface area contributed by atoms with Gasteiger partial charge in [0.15, 0.2) is 6.10 Å². The zero-order valence-electron chi connectivity index (χ0n) is 12.3. The van der Waals surface area contributed by atoms with Gasteiger partial charge >= 0.3 is 0 Å². The van der Waals surface area contributed by atoms with Crippen molar-refractivity contribution in [3.63, 3.8) is 0 Å². The molecule has 4 unspecified atom stereocenters. The minimum Gasteiger partial charge on any atom is -0.481 e. The highest BCUT2D eigenvalue weighted by Gasteiger charge is 2.43. The van der Waals surface area contributed by atoms with Crippen molar-refractivity contribution in [2.75, 3.05) is 13.1 Å². The first-order valence-electron chi connectivity index (χ1n) is 7.41. The number of para-hydroxylation sites is 1. The van der Waals surface area contributed by atoms with Crippen LogP contribution in [0.15, 0.2) is 30.3 Å². The summed E-state index contributed by atoms with van der Waals surface area (Å²) in [6.07, 6.45) is 1.82. The second-order valence-electron chi connectivity index (χ2n) is 5.98. The lowest BCUT2D eigenvalue weighted by Crippen LogP contribution is -2.40. The first kappa shape index (κ1) is 16.1. The molecule has 0 radical (unpaired) electrons. The minimum atomic E-state index is -0.438. The number of fused-ring (bicyclic) bond motifs is 1. The fourth-order valence-corrected chi connectivity index (χ4v) is 3.50. The SMILES string of the molecule is CC(Oc1ccccc1)C(=O)N1CC2CCC(N)C2C1.Cl. The molecule has 1 aromatic carbocycles. The molecule has 1 aliphatic heterocycles. The van der Waals surface area contributed by atoms with Gasteiger partial charge < -0.3 is 15.4 Å². The Kier molecular flexibility index (Phi) is 5.12. The second-order valence-corrected chi connectivity index (χ2v) is 5.98. The number of hydrogen-bond acceptors (Lipinski definition) is 3. The number of amides is 1. The van der Waals surface area contributed by atoms with Gasteiger partial charge in [0.2, 0.25) is 0 Å². The third-order valence-corrected chi connectivity index (χ3v) is 4.63. The van der Waals surface area contributed by atoms with Gasteiger partial charge in [0.1, 0.15) is 5.75 Å². The number of carbonyl (C=O) groups excluding carboxylic acids is 1. The van der Waals surface area contributed by atoms with E-state index >= 15 is 0 Å². The lowest BCUT2D eigenvalue weighted by molar-refractivity contribution is -0.137. The standard InChI is InChI=1S/C16H22N2O2.ClH/c1-11(20-13-5-3-2-4-6-13)16(19)18-9-12-7-8-15(17)14(12)10-18;/h2-6,11-12,14-15H,7-10,17H2,1H3;1H. The van der Waals surface area contributed by atoms with E-state index in [1.165, 1.54) is 0 Å². The Hall–Kier alpha value is -1.26. The number of hydrogen-bond donors (Lipinski definition) is 1. The Balaban J connectivity index is 0.00000161. The summed E-state index contributed by atoms with van der Waals surface area (Å²) >= 11 is 0. The van der Waals surface area contributed by atoms with Crippen LogP contribution in [0.2, 0.25) is 0 Å². The molecule has 3 rings (SSSR count). The summed E-state index contributed by atoms with van der Waals surface area (Å²) in [4.78, 5) is 14.4. The van der Waals surface area contributed by atoms with Gasteiger partial charge in [-0.25, -0.2) is 0 Å².